The van der Waals surface area contributed by atoms with Gasteiger partial charge in [-0.3, -0.25) is 0 Å². The van der Waals surface area contributed by atoms with E-state index in [1.54, 1.807) is 0 Å². The van der Waals surface area contributed by atoms with Crippen LogP contribution in [0.5, 0.6) is 0 Å². The Morgan fingerprint density at radius 1 is 1.36 bits per heavy atom. The number of nitrogens with two attached hydrogens (primary N) is 1. The molecule has 0 saturated heterocycles. The van der Waals surface area contributed by atoms with Crippen LogP contribution in [0.15, 0.2) is 4.42 Å². The van der Waals surface area contributed by atoms with Gasteiger partial charge in [-0.1, -0.05) is 0 Å². The second-order valence-corrected chi connectivity index (χ2v) is 2.66. The Morgan fingerprint density at radius 3 is 2.29 bits per heavy atom. The first-order valence-electron chi connectivity index (χ1n) is 3.61. The Morgan fingerprint density at radius 2 is 1.93 bits per heavy atom. The van der Waals surface area contributed by atoms with Gasteiger partial charge < -0.3 is 10.2 Å². The Hall–Kier alpha value is -1.18. The highest BCUT2D eigenvalue weighted by Gasteiger charge is 2.48. The predicted octanol–water partition coefficient (Wildman–Crippen LogP) is 1.45. The monoisotopic (exact) mass is 213 g/mol. The molecule has 0 aliphatic rings. The van der Waals surface area contributed by atoms with E-state index in [4.69, 9.17) is 5.73 Å². The van der Waals surface area contributed by atoms with Crippen LogP contribution in [0.4, 0.5) is 17.6 Å². The maximum atomic E-state index is 12.6. The molecule has 1 heterocycles. The Kier molecular flexibility index (Phi) is 2.74. The Balaban J connectivity index is 2.97. The summed E-state index contributed by atoms with van der Waals surface area (Å²) in [6.07, 6.45) is -3.89. The molecule has 1 aromatic heterocycles. The molecule has 8 heteroatoms. The molecule has 2 N–H and O–H groups in total. The normalized spacial score (nSPS) is 14.8. The molecule has 0 bridgehead atoms. The Bertz CT molecular complexity index is 312. The van der Waals surface area contributed by atoms with E-state index in [-0.39, 0.29) is 5.89 Å². The molecule has 0 aliphatic heterocycles. The standard InChI is InChI=1S/C6H7F4N3O/c1-2(11)3-12-13-5(14-3)6(9,10)4(7)8/h2,4H,11H2,1H3. The van der Waals surface area contributed by atoms with Crippen LogP contribution in [0.3, 0.4) is 0 Å². The SMILES string of the molecule is CC(N)c1nnc(C(F)(F)C(F)F)o1. The third-order valence-electron chi connectivity index (χ3n) is 1.39. The van der Waals surface area contributed by atoms with E-state index in [2.05, 4.69) is 14.6 Å². The van der Waals surface area contributed by atoms with Crippen LogP contribution in [-0.2, 0) is 5.92 Å². The smallest absolute Gasteiger partial charge is 0.382 e. The molecule has 0 radical (unpaired) electrons. The molecule has 1 rings (SSSR count). The zero-order valence-electron chi connectivity index (χ0n) is 7.05. The number of hydrogen-bond acceptors (Lipinski definition) is 4. The lowest BCUT2D eigenvalue weighted by atomic mass is 10.3. The molecular weight excluding hydrogens is 206 g/mol. The van der Waals surface area contributed by atoms with Crippen molar-refractivity contribution in [1.29, 1.82) is 0 Å². The van der Waals surface area contributed by atoms with Crippen LogP contribution in [0.2, 0.25) is 0 Å². The second-order valence-electron chi connectivity index (χ2n) is 2.66. The van der Waals surface area contributed by atoms with E-state index in [0.717, 1.165) is 0 Å². The highest BCUT2D eigenvalue weighted by Crippen LogP contribution is 2.33. The zero-order valence-corrected chi connectivity index (χ0v) is 7.05. The van der Waals surface area contributed by atoms with Crippen molar-refractivity contribution in [2.24, 2.45) is 5.73 Å². The maximum Gasteiger partial charge on any atom is 0.382 e. The number of alkyl halides is 4. The van der Waals surface area contributed by atoms with Crippen molar-refractivity contribution >= 4 is 0 Å². The minimum atomic E-state index is -4.43. The first-order valence-corrected chi connectivity index (χ1v) is 3.61. The van der Waals surface area contributed by atoms with Crippen LogP contribution in [0.1, 0.15) is 24.7 Å². The number of nitrogens with zero attached hydrogens (tertiary/aromatic N) is 2. The molecule has 0 amide bonds. The molecular formula is C6H7F4N3O. The number of halogens is 4. The molecule has 1 atom stereocenters. The van der Waals surface area contributed by atoms with E-state index in [1.165, 1.54) is 6.92 Å². The van der Waals surface area contributed by atoms with E-state index in [9.17, 15) is 17.6 Å². The molecule has 0 aliphatic carbocycles. The van der Waals surface area contributed by atoms with E-state index >= 15 is 0 Å². The van der Waals surface area contributed by atoms with Crippen molar-refractivity contribution in [2.75, 3.05) is 0 Å². The summed E-state index contributed by atoms with van der Waals surface area (Å²) in [5, 5.41) is 5.91. The molecule has 80 valence electrons. The van der Waals surface area contributed by atoms with E-state index < -0.39 is 24.3 Å². The van der Waals surface area contributed by atoms with Crippen molar-refractivity contribution in [3.63, 3.8) is 0 Å². The summed E-state index contributed by atoms with van der Waals surface area (Å²) in [5.41, 5.74) is 5.22. The summed E-state index contributed by atoms with van der Waals surface area (Å²) in [4.78, 5) is 0. The number of aromatic nitrogens is 2. The Labute approximate surface area is 76.1 Å². The fraction of sp³-hybridized carbons (Fsp3) is 0.667. The fourth-order valence-corrected chi connectivity index (χ4v) is 0.647. The van der Waals surface area contributed by atoms with Crippen molar-refractivity contribution in [1.82, 2.24) is 10.2 Å². The first-order chi connectivity index (χ1) is 6.35. The average Bonchev–Trinajstić information content (AvgIpc) is 2.51. The lowest BCUT2D eigenvalue weighted by Crippen LogP contribution is -2.23. The summed E-state index contributed by atoms with van der Waals surface area (Å²) >= 11 is 0. The molecule has 4 nitrogen and oxygen atoms in total. The van der Waals surface area contributed by atoms with Crippen molar-refractivity contribution < 1.29 is 22.0 Å². The molecule has 14 heavy (non-hydrogen) atoms. The van der Waals surface area contributed by atoms with E-state index in [0.29, 0.717) is 0 Å². The van der Waals surface area contributed by atoms with Gasteiger partial charge in [0, 0.05) is 0 Å². The summed E-state index contributed by atoms with van der Waals surface area (Å²) in [6, 6.07) is -0.773. The van der Waals surface area contributed by atoms with Gasteiger partial charge in [-0.05, 0) is 6.92 Å². The maximum absolute atomic E-state index is 12.6. The third kappa shape index (κ3) is 1.84. The van der Waals surface area contributed by atoms with Gasteiger partial charge in [0.1, 0.15) is 0 Å². The van der Waals surface area contributed by atoms with Crippen LogP contribution in [0, 0.1) is 0 Å². The number of rotatable bonds is 3. The van der Waals surface area contributed by atoms with Crippen molar-refractivity contribution in [3.05, 3.63) is 11.8 Å². The largest absolute Gasteiger partial charge is 0.418 e. The minimum absolute atomic E-state index is 0.305. The zero-order chi connectivity index (χ0) is 10.9. The third-order valence-corrected chi connectivity index (χ3v) is 1.39. The molecule has 1 unspecified atom stereocenters. The van der Waals surface area contributed by atoms with Crippen LogP contribution < -0.4 is 5.73 Å². The summed E-state index contributed by atoms with van der Waals surface area (Å²) in [5.74, 6) is -6.15. The van der Waals surface area contributed by atoms with Gasteiger partial charge in [-0.25, -0.2) is 8.78 Å². The van der Waals surface area contributed by atoms with Gasteiger partial charge in [0.05, 0.1) is 6.04 Å². The van der Waals surface area contributed by atoms with Crippen LogP contribution in [0.25, 0.3) is 0 Å². The van der Waals surface area contributed by atoms with Gasteiger partial charge in [-0.15, -0.1) is 10.2 Å². The highest BCUT2D eigenvalue weighted by atomic mass is 19.3. The van der Waals surface area contributed by atoms with Gasteiger partial charge in [-0.2, -0.15) is 8.78 Å². The summed E-state index contributed by atoms with van der Waals surface area (Å²) < 4.78 is 53.0. The topological polar surface area (TPSA) is 64.9 Å². The quantitative estimate of drug-likeness (QED) is 0.771. The second kappa shape index (κ2) is 3.52. The molecule has 0 spiro atoms. The van der Waals surface area contributed by atoms with Crippen LogP contribution >= 0.6 is 0 Å². The number of hydrogen-bond donors (Lipinski definition) is 1. The van der Waals surface area contributed by atoms with Crippen molar-refractivity contribution in [3.8, 4) is 0 Å². The van der Waals surface area contributed by atoms with E-state index in [1.807, 2.05) is 0 Å². The molecule has 0 fully saturated rings. The lowest BCUT2D eigenvalue weighted by Gasteiger charge is -2.09. The lowest BCUT2D eigenvalue weighted by molar-refractivity contribution is -0.151. The van der Waals surface area contributed by atoms with Crippen LogP contribution in [-0.4, -0.2) is 16.6 Å². The summed E-state index contributed by atoms with van der Waals surface area (Å²) in [7, 11) is 0. The van der Waals surface area contributed by atoms with Gasteiger partial charge in [0.15, 0.2) is 0 Å². The molecule has 1 aromatic rings. The summed E-state index contributed by atoms with van der Waals surface area (Å²) in [6.45, 7) is 1.40. The highest BCUT2D eigenvalue weighted by molar-refractivity contribution is 4.94. The average molecular weight is 213 g/mol. The van der Waals surface area contributed by atoms with Gasteiger partial charge in [0.2, 0.25) is 5.89 Å². The minimum Gasteiger partial charge on any atom is -0.418 e. The predicted molar refractivity (Wildman–Crippen MR) is 36.8 cm³/mol. The molecule has 0 aromatic carbocycles. The van der Waals surface area contributed by atoms with Crippen molar-refractivity contribution in [2.45, 2.75) is 25.3 Å². The van der Waals surface area contributed by atoms with Gasteiger partial charge >= 0.3 is 12.3 Å². The fourth-order valence-electron chi connectivity index (χ4n) is 0.647. The molecule has 0 saturated carbocycles. The van der Waals surface area contributed by atoms with Gasteiger partial charge in [0.25, 0.3) is 5.89 Å². The first kappa shape index (κ1) is 10.9.